The van der Waals surface area contributed by atoms with Gasteiger partial charge in [-0.15, -0.1) is 0 Å². The highest BCUT2D eigenvalue weighted by atomic mass is 16.5. The summed E-state index contributed by atoms with van der Waals surface area (Å²) in [5, 5.41) is 12.7. The first-order valence-electron chi connectivity index (χ1n) is 5.86. The summed E-state index contributed by atoms with van der Waals surface area (Å²) >= 11 is 0. The van der Waals surface area contributed by atoms with E-state index < -0.39 is 5.97 Å². The van der Waals surface area contributed by atoms with Crippen molar-refractivity contribution in [3.05, 3.63) is 54.4 Å². The summed E-state index contributed by atoms with van der Waals surface area (Å²) in [5.41, 5.74) is 0.741. The molecule has 0 saturated carbocycles. The van der Waals surface area contributed by atoms with Gasteiger partial charge < -0.3 is 9.84 Å². The lowest BCUT2D eigenvalue weighted by Gasteiger charge is -2.09. The molecule has 0 radical (unpaired) electrons. The molecule has 19 heavy (non-hydrogen) atoms. The molecular weight excluding hydrogens is 244 g/mol. The van der Waals surface area contributed by atoms with Crippen LogP contribution < -0.4 is 4.74 Å². The van der Waals surface area contributed by atoms with Gasteiger partial charge in [-0.25, -0.2) is 4.79 Å². The molecule has 1 aromatic heterocycles. The number of para-hydroxylation sites is 1. The van der Waals surface area contributed by atoms with E-state index >= 15 is 0 Å². The van der Waals surface area contributed by atoms with E-state index in [4.69, 9.17) is 9.84 Å². The number of benzene rings is 1. The lowest BCUT2D eigenvalue weighted by molar-refractivity contribution is -0.131. The standard InChI is InChI=1S/C14H14N2O3/c17-14(18)7-6-12-4-1-2-5-13(12)19-11-10-16-9-3-8-15-16/h1-9H,10-11H2,(H,17,18)/b7-6+. The van der Waals surface area contributed by atoms with Gasteiger partial charge in [0, 0.05) is 24.0 Å². The van der Waals surface area contributed by atoms with Crippen molar-refractivity contribution in [2.45, 2.75) is 6.54 Å². The van der Waals surface area contributed by atoms with Gasteiger partial charge in [0.05, 0.1) is 6.54 Å². The number of rotatable bonds is 6. The monoisotopic (exact) mass is 258 g/mol. The highest BCUT2D eigenvalue weighted by molar-refractivity contribution is 5.85. The van der Waals surface area contributed by atoms with E-state index in [1.54, 1.807) is 10.9 Å². The van der Waals surface area contributed by atoms with Crippen molar-refractivity contribution >= 4 is 12.0 Å². The Morgan fingerprint density at radius 3 is 2.95 bits per heavy atom. The van der Waals surface area contributed by atoms with Crippen LogP contribution >= 0.6 is 0 Å². The van der Waals surface area contributed by atoms with Crippen molar-refractivity contribution in [2.75, 3.05) is 6.61 Å². The van der Waals surface area contributed by atoms with Crippen molar-refractivity contribution in [3.63, 3.8) is 0 Å². The van der Waals surface area contributed by atoms with Crippen LogP contribution in [0.4, 0.5) is 0 Å². The molecule has 0 unspecified atom stereocenters. The van der Waals surface area contributed by atoms with Gasteiger partial charge >= 0.3 is 5.97 Å². The minimum Gasteiger partial charge on any atom is -0.491 e. The van der Waals surface area contributed by atoms with Gasteiger partial charge in [0.2, 0.25) is 0 Å². The average molecular weight is 258 g/mol. The minimum atomic E-state index is -0.980. The second kappa shape index (κ2) is 6.39. The number of ether oxygens (including phenoxy) is 1. The number of hydrogen-bond acceptors (Lipinski definition) is 3. The lowest BCUT2D eigenvalue weighted by Crippen LogP contribution is -2.08. The SMILES string of the molecule is O=C(O)/C=C/c1ccccc1OCCn1cccn1. The van der Waals surface area contributed by atoms with Crippen molar-refractivity contribution < 1.29 is 14.6 Å². The molecule has 5 heteroatoms. The number of carbonyl (C=O) groups is 1. The molecule has 0 aliphatic heterocycles. The maximum atomic E-state index is 10.5. The molecule has 1 N–H and O–H groups in total. The smallest absolute Gasteiger partial charge is 0.328 e. The van der Waals surface area contributed by atoms with Crippen LogP contribution in [-0.4, -0.2) is 27.5 Å². The molecular formula is C14H14N2O3. The van der Waals surface area contributed by atoms with Gasteiger partial charge in [0.1, 0.15) is 12.4 Å². The Bertz CT molecular complexity index is 562. The lowest BCUT2D eigenvalue weighted by atomic mass is 10.2. The first-order valence-corrected chi connectivity index (χ1v) is 5.86. The molecule has 98 valence electrons. The Balaban J connectivity index is 1.97. The Hall–Kier alpha value is -2.56. The zero-order valence-corrected chi connectivity index (χ0v) is 10.3. The Morgan fingerprint density at radius 2 is 2.21 bits per heavy atom. The summed E-state index contributed by atoms with van der Waals surface area (Å²) in [6.07, 6.45) is 6.18. The molecule has 0 saturated heterocycles. The predicted octanol–water partition coefficient (Wildman–Crippen LogP) is 2.06. The summed E-state index contributed by atoms with van der Waals surface area (Å²) in [7, 11) is 0. The second-order valence-corrected chi connectivity index (χ2v) is 3.83. The van der Waals surface area contributed by atoms with Crippen LogP contribution in [0.2, 0.25) is 0 Å². The number of aromatic nitrogens is 2. The number of carboxylic acids is 1. The van der Waals surface area contributed by atoms with Gasteiger partial charge in [-0.05, 0) is 18.2 Å². The third-order valence-electron chi connectivity index (χ3n) is 2.46. The van der Waals surface area contributed by atoms with E-state index in [1.807, 2.05) is 36.5 Å². The van der Waals surface area contributed by atoms with Crippen molar-refractivity contribution in [2.24, 2.45) is 0 Å². The molecule has 0 bridgehead atoms. The van der Waals surface area contributed by atoms with E-state index in [1.165, 1.54) is 6.08 Å². The predicted molar refractivity (Wildman–Crippen MR) is 70.8 cm³/mol. The number of nitrogens with zero attached hydrogens (tertiary/aromatic N) is 2. The fourth-order valence-corrected chi connectivity index (χ4v) is 1.59. The molecule has 0 aliphatic carbocycles. The summed E-state index contributed by atoms with van der Waals surface area (Å²) < 4.78 is 7.41. The zero-order valence-electron chi connectivity index (χ0n) is 10.3. The van der Waals surface area contributed by atoms with Crippen LogP contribution in [0.15, 0.2) is 48.8 Å². The van der Waals surface area contributed by atoms with E-state index in [2.05, 4.69) is 5.10 Å². The molecule has 1 aromatic carbocycles. The van der Waals surface area contributed by atoms with Gasteiger partial charge in [-0.2, -0.15) is 5.10 Å². The Labute approximate surface area is 110 Å². The molecule has 0 fully saturated rings. The third kappa shape index (κ3) is 3.99. The molecule has 1 heterocycles. The maximum Gasteiger partial charge on any atom is 0.328 e. The van der Waals surface area contributed by atoms with Crippen molar-refractivity contribution in [1.82, 2.24) is 9.78 Å². The topological polar surface area (TPSA) is 64.3 Å². The van der Waals surface area contributed by atoms with Crippen LogP contribution in [0.1, 0.15) is 5.56 Å². The van der Waals surface area contributed by atoms with Gasteiger partial charge in [-0.3, -0.25) is 4.68 Å². The minimum absolute atomic E-state index is 0.472. The Morgan fingerprint density at radius 1 is 1.37 bits per heavy atom. The molecule has 0 atom stereocenters. The van der Waals surface area contributed by atoms with Gasteiger partial charge in [-0.1, -0.05) is 18.2 Å². The molecule has 2 aromatic rings. The van der Waals surface area contributed by atoms with Crippen LogP contribution in [0.5, 0.6) is 5.75 Å². The van der Waals surface area contributed by atoms with Crippen LogP contribution in [0, 0.1) is 0 Å². The Kier molecular flexibility index (Phi) is 4.34. The van der Waals surface area contributed by atoms with Crippen molar-refractivity contribution in [3.8, 4) is 5.75 Å². The fraction of sp³-hybridized carbons (Fsp3) is 0.143. The van der Waals surface area contributed by atoms with Crippen LogP contribution in [0.25, 0.3) is 6.08 Å². The van der Waals surface area contributed by atoms with E-state index in [0.29, 0.717) is 18.9 Å². The van der Waals surface area contributed by atoms with Crippen LogP contribution in [0.3, 0.4) is 0 Å². The largest absolute Gasteiger partial charge is 0.491 e. The highest BCUT2D eigenvalue weighted by Gasteiger charge is 2.00. The highest BCUT2D eigenvalue weighted by Crippen LogP contribution is 2.19. The second-order valence-electron chi connectivity index (χ2n) is 3.83. The van der Waals surface area contributed by atoms with Crippen molar-refractivity contribution in [1.29, 1.82) is 0 Å². The zero-order chi connectivity index (χ0) is 13.5. The summed E-state index contributed by atoms with van der Waals surface area (Å²) in [4.78, 5) is 10.5. The molecule has 2 rings (SSSR count). The first kappa shape index (κ1) is 12.9. The third-order valence-corrected chi connectivity index (χ3v) is 2.46. The fourth-order valence-electron chi connectivity index (χ4n) is 1.59. The average Bonchev–Trinajstić information content (AvgIpc) is 2.91. The molecule has 0 spiro atoms. The summed E-state index contributed by atoms with van der Waals surface area (Å²) in [6.45, 7) is 1.11. The van der Waals surface area contributed by atoms with E-state index in [-0.39, 0.29) is 0 Å². The molecule has 0 amide bonds. The summed E-state index contributed by atoms with van der Waals surface area (Å²) in [6, 6.07) is 9.15. The molecule has 0 aliphatic rings. The van der Waals surface area contributed by atoms with E-state index in [0.717, 1.165) is 11.6 Å². The van der Waals surface area contributed by atoms with E-state index in [9.17, 15) is 4.79 Å². The quantitative estimate of drug-likeness (QED) is 0.805. The maximum absolute atomic E-state index is 10.5. The summed E-state index contributed by atoms with van der Waals surface area (Å²) in [5.74, 6) is -0.321. The van der Waals surface area contributed by atoms with Gasteiger partial charge in [0.25, 0.3) is 0 Å². The van der Waals surface area contributed by atoms with Crippen LogP contribution in [-0.2, 0) is 11.3 Å². The number of carboxylic acid groups (broad SMARTS) is 1. The number of aliphatic carboxylic acids is 1. The first-order chi connectivity index (χ1) is 9.25. The number of hydrogen-bond donors (Lipinski definition) is 1. The van der Waals surface area contributed by atoms with Gasteiger partial charge in [0.15, 0.2) is 0 Å². The molecule has 5 nitrogen and oxygen atoms in total. The normalized spacial score (nSPS) is 10.7.